The van der Waals surface area contributed by atoms with Gasteiger partial charge in [0.05, 0.1) is 0 Å². The van der Waals surface area contributed by atoms with Gasteiger partial charge in [-0.1, -0.05) is 23.7 Å². The fourth-order valence-electron chi connectivity index (χ4n) is 2.17. The first-order valence-corrected chi connectivity index (χ1v) is 9.33. The molecule has 2 heterocycles. The van der Waals surface area contributed by atoms with Crippen molar-refractivity contribution in [3.8, 4) is 0 Å². The number of nitrogens with one attached hydrogen (secondary N) is 1. The number of carbonyl (C=O) groups excluding carboxylic acids is 1. The average molecular weight is 363 g/mol. The molecule has 0 bridgehead atoms. The normalized spacial score (nSPS) is 10.7. The number of amides is 1. The van der Waals surface area contributed by atoms with Gasteiger partial charge in [0.25, 0.3) is 0 Å². The molecule has 0 aliphatic rings. The number of nitrogens with zero attached hydrogens (tertiary/aromatic N) is 1. The second-order valence-corrected chi connectivity index (χ2v) is 7.45. The molecule has 0 radical (unpaired) electrons. The minimum atomic E-state index is -0.000134. The molecule has 3 nitrogen and oxygen atoms in total. The van der Waals surface area contributed by atoms with E-state index in [2.05, 4.69) is 15.7 Å². The van der Waals surface area contributed by atoms with Gasteiger partial charge in [0.1, 0.15) is 0 Å². The largest absolute Gasteiger partial charge is 0.302 e. The summed E-state index contributed by atoms with van der Waals surface area (Å²) < 4.78 is 0. The Morgan fingerprint density at radius 2 is 2.17 bits per heavy atom. The van der Waals surface area contributed by atoms with Crippen LogP contribution in [0.3, 0.4) is 0 Å². The minimum absolute atomic E-state index is 0.000134. The molecule has 0 unspecified atom stereocenters. The van der Waals surface area contributed by atoms with E-state index < -0.39 is 0 Å². The number of rotatable bonds is 6. The van der Waals surface area contributed by atoms with E-state index in [0.717, 1.165) is 28.3 Å². The first-order valence-electron chi connectivity index (χ1n) is 7.19. The summed E-state index contributed by atoms with van der Waals surface area (Å²) in [7, 11) is 0. The van der Waals surface area contributed by atoms with E-state index in [1.54, 1.807) is 17.5 Å². The summed E-state index contributed by atoms with van der Waals surface area (Å²) in [4.78, 5) is 17.3. The van der Waals surface area contributed by atoms with Crippen LogP contribution in [0.2, 0.25) is 5.02 Å². The van der Waals surface area contributed by atoms with Crippen LogP contribution in [-0.4, -0.2) is 10.9 Å². The molecule has 1 aromatic carbocycles. The molecule has 0 atom stereocenters. The van der Waals surface area contributed by atoms with E-state index in [9.17, 15) is 4.79 Å². The highest BCUT2D eigenvalue weighted by Crippen LogP contribution is 2.22. The van der Waals surface area contributed by atoms with Gasteiger partial charge in [-0.25, -0.2) is 4.98 Å². The summed E-state index contributed by atoms with van der Waals surface area (Å²) in [5.74, 6) is -0.000134. The SMILES string of the molecule is O=C(CCc1ccsc1)Nc1ncc(Cc2cccc(Cl)c2)s1. The number of anilines is 1. The Morgan fingerprint density at radius 1 is 1.26 bits per heavy atom. The molecule has 0 fully saturated rings. The van der Waals surface area contributed by atoms with Crippen molar-refractivity contribution in [3.05, 3.63) is 68.3 Å². The van der Waals surface area contributed by atoms with E-state index in [0.29, 0.717) is 11.6 Å². The van der Waals surface area contributed by atoms with Crippen molar-refractivity contribution < 1.29 is 4.79 Å². The van der Waals surface area contributed by atoms with Crippen LogP contribution in [0.15, 0.2) is 47.3 Å². The van der Waals surface area contributed by atoms with Crippen molar-refractivity contribution in [2.24, 2.45) is 0 Å². The molecule has 0 saturated heterocycles. The van der Waals surface area contributed by atoms with Gasteiger partial charge in [-0.3, -0.25) is 4.79 Å². The quantitative estimate of drug-likeness (QED) is 0.668. The van der Waals surface area contributed by atoms with Gasteiger partial charge in [0, 0.05) is 28.9 Å². The second kappa shape index (κ2) is 7.73. The van der Waals surface area contributed by atoms with Crippen LogP contribution in [0, 0.1) is 0 Å². The number of thiophene rings is 1. The van der Waals surface area contributed by atoms with Gasteiger partial charge in [-0.15, -0.1) is 11.3 Å². The Labute approximate surface area is 148 Å². The molecular weight excluding hydrogens is 348 g/mol. The first-order chi connectivity index (χ1) is 11.2. The van der Waals surface area contributed by atoms with Crippen LogP contribution < -0.4 is 5.32 Å². The molecule has 118 valence electrons. The molecule has 1 N–H and O–H groups in total. The Hall–Kier alpha value is -1.69. The number of hydrogen-bond acceptors (Lipinski definition) is 4. The average Bonchev–Trinajstić information content (AvgIpc) is 3.17. The van der Waals surface area contributed by atoms with Crippen LogP contribution in [0.4, 0.5) is 5.13 Å². The van der Waals surface area contributed by atoms with Crippen LogP contribution in [-0.2, 0) is 17.6 Å². The summed E-state index contributed by atoms with van der Waals surface area (Å²) in [6, 6.07) is 9.82. The van der Waals surface area contributed by atoms with Crippen LogP contribution >= 0.6 is 34.3 Å². The van der Waals surface area contributed by atoms with Crippen molar-refractivity contribution in [3.63, 3.8) is 0 Å². The lowest BCUT2D eigenvalue weighted by Crippen LogP contribution is -2.11. The number of halogens is 1. The zero-order chi connectivity index (χ0) is 16.1. The molecule has 3 aromatic rings. The zero-order valence-corrected chi connectivity index (χ0v) is 14.7. The number of aryl methyl sites for hydroxylation is 1. The number of carbonyl (C=O) groups is 1. The fraction of sp³-hybridized carbons (Fsp3) is 0.176. The second-order valence-electron chi connectivity index (χ2n) is 5.12. The summed E-state index contributed by atoms with van der Waals surface area (Å²) in [5, 5.41) is 8.34. The lowest BCUT2D eigenvalue weighted by atomic mass is 10.1. The molecule has 2 aromatic heterocycles. The molecule has 0 aliphatic heterocycles. The monoisotopic (exact) mass is 362 g/mol. The van der Waals surface area contributed by atoms with Crippen molar-refractivity contribution in [2.75, 3.05) is 5.32 Å². The topological polar surface area (TPSA) is 42.0 Å². The van der Waals surface area contributed by atoms with Crippen LogP contribution in [0.5, 0.6) is 0 Å². The molecular formula is C17H15ClN2OS2. The Kier molecular flexibility index (Phi) is 5.43. The van der Waals surface area contributed by atoms with Gasteiger partial charge in [0.2, 0.25) is 5.91 Å². The molecule has 0 saturated carbocycles. The maximum Gasteiger partial charge on any atom is 0.226 e. The zero-order valence-electron chi connectivity index (χ0n) is 12.3. The van der Waals surface area contributed by atoms with Gasteiger partial charge < -0.3 is 5.32 Å². The van der Waals surface area contributed by atoms with Gasteiger partial charge in [-0.05, 0) is 46.5 Å². The van der Waals surface area contributed by atoms with Crippen LogP contribution in [0.1, 0.15) is 22.4 Å². The Bertz CT molecular complexity index is 784. The third-order valence-corrected chi connectivity index (χ3v) is 5.17. The third-order valence-electron chi connectivity index (χ3n) is 3.29. The smallest absolute Gasteiger partial charge is 0.226 e. The number of aromatic nitrogens is 1. The highest BCUT2D eigenvalue weighted by atomic mass is 35.5. The predicted octanol–water partition coefficient (Wildman–Crippen LogP) is 5.02. The molecule has 0 spiro atoms. The minimum Gasteiger partial charge on any atom is -0.302 e. The molecule has 23 heavy (non-hydrogen) atoms. The van der Waals surface area contributed by atoms with E-state index in [1.165, 1.54) is 16.9 Å². The first kappa shape index (κ1) is 16.2. The number of hydrogen-bond donors (Lipinski definition) is 1. The summed E-state index contributed by atoms with van der Waals surface area (Å²) in [6.07, 6.45) is 3.80. The lowest BCUT2D eigenvalue weighted by molar-refractivity contribution is -0.116. The predicted molar refractivity (Wildman–Crippen MR) is 97.6 cm³/mol. The standard InChI is InChI=1S/C17H15ClN2OS2/c18-14-3-1-2-13(8-14)9-15-10-19-17(23-15)20-16(21)5-4-12-6-7-22-11-12/h1-3,6-8,10-11H,4-5,9H2,(H,19,20,21). The van der Waals surface area contributed by atoms with Gasteiger partial charge in [-0.2, -0.15) is 11.3 Å². The maximum absolute atomic E-state index is 12.0. The van der Waals surface area contributed by atoms with Crippen molar-refractivity contribution in [2.45, 2.75) is 19.3 Å². The number of benzene rings is 1. The third kappa shape index (κ3) is 4.89. The molecule has 1 amide bonds. The van der Waals surface area contributed by atoms with Gasteiger partial charge >= 0.3 is 0 Å². The van der Waals surface area contributed by atoms with Crippen molar-refractivity contribution in [1.82, 2.24) is 4.98 Å². The summed E-state index contributed by atoms with van der Waals surface area (Å²) >= 11 is 9.14. The summed E-state index contributed by atoms with van der Waals surface area (Å²) in [5.41, 5.74) is 2.34. The van der Waals surface area contributed by atoms with E-state index >= 15 is 0 Å². The fourth-order valence-corrected chi connectivity index (χ4v) is 3.95. The molecule has 0 aliphatic carbocycles. The highest BCUT2D eigenvalue weighted by molar-refractivity contribution is 7.15. The Balaban J connectivity index is 1.53. The van der Waals surface area contributed by atoms with E-state index in [-0.39, 0.29) is 5.91 Å². The molecule has 3 rings (SSSR count). The number of thiazole rings is 1. The lowest BCUT2D eigenvalue weighted by Gasteiger charge is -2.00. The highest BCUT2D eigenvalue weighted by Gasteiger charge is 2.08. The maximum atomic E-state index is 12.0. The van der Waals surface area contributed by atoms with E-state index in [4.69, 9.17) is 11.6 Å². The Morgan fingerprint density at radius 3 is 2.96 bits per heavy atom. The molecule has 6 heteroatoms. The summed E-state index contributed by atoms with van der Waals surface area (Å²) in [6.45, 7) is 0. The van der Waals surface area contributed by atoms with Gasteiger partial charge in [0.15, 0.2) is 5.13 Å². The van der Waals surface area contributed by atoms with Crippen molar-refractivity contribution >= 4 is 45.3 Å². The van der Waals surface area contributed by atoms with E-state index in [1.807, 2.05) is 35.7 Å². The van der Waals surface area contributed by atoms with Crippen LogP contribution in [0.25, 0.3) is 0 Å². The van der Waals surface area contributed by atoms with Crippen molar-refractivity contribution in [1.29, 1.82) is 0 Å².